The van der Waals surface area contributed by atoms with E-state index < -0.39 is 17.5 Å². The zero-order valence-corrected chi connectivity index (χ0v) is 15.7. The van der Waals surface area contributed by atoms with Gasteiger partial charge in [0.15, 0.2) is 0 Å². The van der Waals surface area contributed by atoms with Gasteiger partial charge in [0, 0.05) is 16.6 Å². The first kappa shape index (κ1) is 19.2. The summed E-state index contributed by atoms with van der Waals surface area (Å²) in [5.74, 6) is -0.824. The van der Waals surface area contributed by atoms with Gasteiger partial charge in [0.2, 0.25) is 5.91 Å². The van der Waals surface area contributed by atoms with Crippen molar-refractivity contribution in [2.24, 2.45) is 0 Å². The van der Waals surface area contributed by atoms with Gasteiger partial charge in [-0.15, -0.1) is 0 Å². The second kappa shape index (κ2) is 7.56. The summed E-state index contributed by atoms with van der Waals surface area (Å²) in [5, 5.41) is 13.1. The lowest BCUT2D eigenvalue weighted by atomic mass is 10.0. The summed E-state index contributed by atoms with van der Waals surface area (Å²) < 4.78 is 9.97. The molecular formula is C21H19NO6. The van der Waals surface area contributed by atoms with Crippen LogP contribution in [-0.2, 0) is 16.0 Å². The van der Waals surface area contributed by atoms with Crippen molar-refractivity contribution in [3.8, 4) is 5.75 Å². The number of ether oxygens (including phenoxy) is 1. The SMILES string of the molecule is COC(=O)c1ccc(NC(=O)Cc2c(C)c3ccc(O)c(C)c3oc2=O)cc1. The standard InChI is InChI=1S/C21H19NO6/c1-11-15-8-9-17(23)12(2)19(15)28-21(26)16(11)10-18(24)22-14-6-4-13(5-7-14)20(25)27-3/h4-9,23H,10H2,1-3H3,(H,22,24). The second-order valence-corrected chi connectivity index (χ2v) is 6.37. The Morgan fingerprint density at radius 3 is 2.39 bits per heavy atom. The molecule has 3 rings (SSSR count). The Morgan fingerprint density at radius 1 is 1.07 bits per heavy atom. The molecule has 0 saturated carbocycles. The predicted octanol–water partition coefficient (Wildman–Crippen LogP) is 3.08. The molecule has 2 N–H and O–H groups in total. The number of fused-ring (bicyclic) bond motifs is 1. The van der Waals surface area contributed by atoms with Crippen LogP contribution in [-0.4, -0.2) is 24.1 Å². The van der Waals surface area contributed by atoms with Gasteiger partial charge in [-0.25, -0.2) is 9.59 Å². The Kier molecular flexibility index (Phi) is 5.17. The lowest BCUT2D eigenvalue weighted by molar-refractivity contribution is -0.115. The zero-order chi connectivity index (χ0) is 20.4. The molecule has 1 amide bonds. The number of phenols is 1. The third-order valence-corrected chi connectivity index (χ3v) is 4.60. The Balaban J connectivity index is 1.84. The van der Waals surface area contributed by atoms with E-state index in [4.69, 9.17) is 4.42 Å². The fraction of sp³-hybridized carbons (Fsp3) is 0.190. The minimum Gasteiger partial charge on any atom is -0.508 e. The summed E-state index contributed by atoms with van der Waals surface area (Å²) in [6, 6.07) is 9.40. The molecule has 0 fully saturated rings. The molecule has 0 aliphatic heterocycles. The topological polar surface area (TPSA) is 106 Å². The molecule has 0 atom stereocenters. The van der Waals surface area contributed by atoms with Gasteiger partial charge >= 0.3 is 11.6 Å². The molecule has 144 valence electrons. The smallest absolute Gasteiger partial charge is 0.340 e. The van der Waals surface area contributed by atoms with Gasteiger partial charge in [0.05, 0.1) is 24.7 Å². The van der Waals surface area contributed by atoms with Crippen LogP contribution in [0.25, 0.3) is 11.0 Å². The number of esters is 1. The van der Waals surface area contributed by atoms with Gasteiger partial charge in [-0.3, -0.25) is 4.79 Å². The number of aryl methyl sites for hydroxylation is 2. The highest BCUT2D eigenvalue weighted by molar-refractivity contribution is 5.95. The summed E-state index contributed by atoms with van der Waals surface area (Å²) >= 11 is 0. The number of hydrogen-bond acceptors (Lipinski definition) is 6. The summed E-state index contributed by atoms with van der Waals surface area (Å²) in [6.45, 7) is 3.40. The number of carbonyl (C=O) groups is 2. The van der Waals surface area contributed by atoms with Gasteiger partial charge in [-0.05, 0) is 55.8 Å². The van der Waals surface area contributed by atoms with E-state index in [0.717, 1.165) is 0 Å². The van der Waals surface area contributed by atoms with Crippen molar-refractivity contribution in [3.63, 3.8) is 0 Å². The first-order chi connectivity index (χ1) is 13.3. The van der Waals surface area contributed by atoms with Crippen LogP contribution in [0.2, 0.25) is 0 Å². The minimum atomic E-state index is -0.616. The Labute approximate surface area is 160 Å². The molecule has 7 nitrogen and oxygen atoms in total. The van der Waals surface area contributed by atoms with E-state index in [1.54, 1.807) is 32.0 Å². The number of aromatic hydroxyl groups is 1. The largest absolute Gasteiger partial charge is 0.508 e. The molecule has 0 bridgehead atoms. The van der Waals surface area contributed by atoms with E-state index in [2.05, 4.69) is 10.1 Å². The monoisotopic (exact) mass is 381 g/mol. The van der Waals surface area contributed by atoms with Crippen LogP contribution in [0.1, 0.15) is 27.0 Å². The normalized spacial score (nSPS) is 10.7. The van der Waals surface area contributed by atoms with Crippen LogP contribution < -0.4 is 10.9 Å². The molecule has 28 heavy (non-hydrogen) atoms. The van der Waals surface area contributed by atoms with E-state index in [1.807, 2.05) is 0 Å². The van der Waals surface area contributed by atoms with Crippen LogP contribution >= 0.6 is 0 Å². The zero-order valence-electron chi connectivity index (χ0n) is 15.7. The lowest BCUT2D eigenvalue weighted by Gasteiger charge is -2.10. The molecule has 0 aliphatic rings. The third kappa shape index (κ3) is 3.59. The van der Waals surface area contributed by atoms with Crippen LogP contribution in [0, 0.1) is 13.8 Å². The molecule has 2 aromatic carbocycles. The van der Waals surface area contributed by atoms with Crippen LogP contribution in [0.3, 0.4) is 0 Å². The van der Waals surface area contributed by atoms with E-state index in [-0.39, 0.29) is 17.7 Å². The predicted molar refractivity (Wildman–Crippen MR) is 104 cm³/mol. The third-order valence-electron chi connectivity index (χ3n) is 4.60. The lowest BCUT2D eigenvalue weighted by Crippen LogP contribution is -2.20. The summed E-state index contributed by atoms with van der Waals surface area (Å²) in [6.07, 6.45) is -0.164. The summed E-state index contributed by atoms with van der Waals surface area (Å²) in [4.78, 5) is 36.2. The average Bonchev–Trinajstić information content (AvgIpc) is 2.68. The number of methoxy groups -OCH3 is 1. The average molecular weight is 381 g/mol. The van der Waals surface area contributed by atoms with E-state index in [1.165, 1.54) is 25.3 Å². The van der Waals surface area contributed by atoms with Crippen molar-refractivity contribution in [3.05, 3.63) is 69.1 Å². The summed E-state index contributed by atoms with van der Waals surface area (Å²) in [5.41, 5.74) is 1.90. The number of carbonyl (C=O) groups excluding carboxylic acids is 2. The maximum absolute atomic E-state index is 12.4. The molecule has 1 aromatic heterocycles. The van der Waals surface area contributed by atoms with Crippen molar-refractivity contribution in [2.45, 2.75) is 20.3 Å². The molecule has 1 heterocycles. The van der Waals surface area contributed by atoms with Gasteiger partial charge in [0.25, 0.3) is 0 Å². The number of amides is 1. The van der Waals surface area contributed by atoms with Crippen molar-refractivity contribution in [1.29, 1.82) is 0 Å². The Bertz CT molecular complexity index is 1130. The quantitative estimate of drug-likeness (QED) is 0.531. The molecule has 7 heteroatoms. The Morgan fingerprint density at radius 2 is 1.75 bits per heavy atom. The van der Waals surface area contributed by atoms with Crippen LogP contribution in [0.5, 0.6) is 5.75 Å². The number of nitrogens with one attached hydrogen (secondary N) is 1. The molecule has 0 spiro atoms. The minimum absolute atomic E-state index is 0.0379. The van der Waals surface area contributed by atoms with Gasteiger partial charge in [-0.2, -0.15) is 0 Å². The molecule has 0 saturated heterocycles. The van der Waals surface area contributed by atoms with Crippen molar-refractivity contribution in [2.75, 3.05) is 12.4 Å². The van der Waals surface area contributed by atoms with Crippen molar-refractivity contribution < 1.29 is 23.8 Å². The van der Waals surface area contributed by atoms with Gasteiger partial charge in [-0.1, -0.05) is 0 Å². The fourth-order valence-electron chi connectivity index (χ4n) is 2.96. The highest BCUT2D eigenvalue weighted by Gasteiger charge is 2.17. The second-order valence-electron chi connectivity index (χ2n) is 6.37. The number of hydrogen-bond donors (Lipinski definition) is 2. The van der Waals surface area contributed by atoms with Crippen LogP contribution in [0.15, 0.2) is 45.6 Å². The molecule has 0 unspecified atom stereocenters. The molecule has 0 radical (unpaired) electrons. The fourth-order valence-corrected chi connectivity index (χ4v) is 2.96. The summed E-state index contributed by atoms with van der Waals surface area (Å²) in [7, 11) is 1.29. The Hall–Kier alpha value is -3.61. The first-order valence-electron chi connectivity index (χ1n) is 8.55. The molecule has 3 aromatic rings. The van der Waals surface area contributed by atoms with Crippen LogP contribution in [0.4, 0.5) is 5.69 Å². The highest BCUT2D eigenvalue weighted by atomic mass is 16.5. The van der Waals surface area contributed by atoms with Gasteiger partial charge in [0.1, 0.15) is 11.3 Å². The number of rotatable bonds is 4. The number of anilines is 1. The number of benzene rings is 2. The molecular weight excluding hydrogens is 362 g/mol. The van der Waals surface area contributed by atoms with Gasteiger partial charge < -0.3 is 19.6 Å². The molecule has 0 aliphatic carbocycles. The van der Waals surface area contributed by atoms with Crippen molar-refractivity contribution >= 4 is 28.5 Å². The maximum Gasteiger partial charge on any atom is 0.340 e. The van der Waals surface area contributed by atoms with Crippen molar-refractivity contribution in [1.82, 2.24) is 0 Å². The van der Waals surface area contributed by atoms with E-state index >= 15 is 0 Å². The van der Waals surface area contributed by atoms with E-state index in [0.29, 0.717) is 33.3 Å². The number of phenolic OH excluding ortho intramolecular Hbond substituents is 1. The van der Waals surface area contributed by atoms with E-state index in [9.17, 15) is 19.5 Å². The highest BCUT2D eigenvalue weighted by Crippen LogP contribution is 2.28. The first-order valence-corrected chi connectivity index (χ1v) is 8.55. The maximum atomic E-state index is 12.4.